The molecule has 206 valence electrons. The number of aryl methyl sites for hydroxylation is 2. The summed E-state index contributed by atoms with van der Waals surface area (Å²) in [6, 6.07) is 8.08. The molecule has 0 bridgehead atoms. The molecule has 2 heterocycles. The van der Waals surface area contributed by atoms with Crippen molar-refractivity contribution in [3.05, 3.63) is 68.0 Å². The average Bonchev–Trinajstić information content (AvgIpc) is 2.72. The molecule has 0 atom stereocenters. The fraction of sp³-hybridized carbons (Fsp3) is 0.0909. The number of hydrogen-bond acceptors (Lipinski definition) is 12. The number of rotatable bonds is 2. The van der Waals surface area contributed by atoms with Crippen LogP contribution in [0.3, 0.4) is 0 Å². The molecule has 5 aromatic rings. The van der Waals surface area contributed by atoms with Crippen molar-refractivity contribution < 1.29 is 47.8 Å². The Bertz CT molecular complexity index is 2090. The van der Waals surface area contributed by atoms with E-state index in [1.807, 2.05) is 0 Å². The number of benzene rings is 3. The first-order chi connectivity index (χ1) is 15.8. The zero-order chi connectivity index (χ0) is 24.7. The first-order valence-electron chi connectivity index (χ1n) is 9.79. The van der Waals surface area contributed by atoms with Crippen LogP contribution < -0.4 is 10.9 Å². The first-order valence-corrected chi connectivity index (χ1v) is 12.6. The monoisotopic (exact) mass is 620 g/mol. The fourth-order valence-electron chi connectivity index (χ4n) is 4.34. The molecule has 0 amide bonds. The Labute approximate surface area is 247 Å². The summed E-state index contributed by atoms with van der Waals surface area (Å²) in [5, 5.41) is -0.258. The number of fused-ring (bicyclic) bond motifs is 4. The van der Waals surface area contributed by atoms with Crippen LogP contribution in [0.1, 0.15) is 11.1 Å². The molecule has 40 heavy (non-hydrogen) atoms. The maximum atomic E-state index is 13.3. The van der Waals surface area contributed by atoms with Crippen molar-refractivity contribution in [3.63, 3.8) is 0 Å². The molecule has 0 aliphatic heterocycles. The molecule has 14 nitrogen and oxygen atoms in total. The number of nitrogens with one attached hydrogen (secondary N) is 2. The Morgan fingerprint density at radius 3 is 1.70 bits per heavy atom. The number of pyridine rings is 2. The molecular weight excluding hydrogens is 602 g/mol. The Kier molecular flexibility index (Phi) is 12.7. The second-order valence-electron chi connectivity index (χ2n) is 8.08. The van der Waals surface area contributed by atoms with E-state index in [1.54, 1.807) is 6.92 Å². The van der Waals surface area contributed by atoms with Crippen molar-refractivity contribution in [1.82, 2.24) is 9.97 Å². The van der Waals surface area contributed by atoms with Crippen LogP contribution in [0.15, 0.2) is 55.8 Å². The van der Waals surface area contributed by atoms with E-state index >= 15 is 0 Å². The summed E-state index contributed by atoms with van der Waals surface area (Å²) in [6.07, 6.45) is 0. The van der Waals surface area contributed by atoms with Gasteiger partial charge in [-0.2, -0.15) is 0 Å². The van der Waals surface area contributed by atoms with E-state index in [0.717, 1.165) is 6.07 Å². The van der Waals surface area contributed by atoms with E-state index in [2.05, 4.69) is 9.97 Å². The van der Waals surface area contributed by atoms with Crippen molar-refractivity contribution in [2.45, 2.75) is 23.6 Å². The predicted octanol–water partition coefficient (Wildman–Crippen LogP) is 0.632. The van der Waals surface area contributed by atoms with Gasteiger partial charge in [0.25, 0.3) is 0 Å². The molecule has 2 aromatic heterocycles. The molecule has 18 heteroatoms. The van der Waals surface area contributed by atoms with E-state index in [4.69, 9.17) is 0 Å². The van der Waals surface area contributed by atoms with Gasteiger partial charge in [-0.1, -0.05) is 6.07 Å². The standard InChI is InChI=1S/C22H16N2O8S2.2Al.4H2O/c1-9-5-13-19(17(6-9)33(27,28)29)24-16-8-12-15(7-11(16)20(13)25)23-14-4-3-10(2)22(34(30,31)32)18(14)21(12)26;;;;;;/h3-8H,1-2H3,(H,23,26)(H,24,25)(H,27,28,29)(H,30,31,32);;;4*1H2/q;2*+3;;;;/p-6. The molecule has 0 fully saturated rings. The normalized spacial score (nSPS) is 10.9. The van der Waals surface area contributed by atoms with Gasteiger partial charge in [-0.3, -0.25) is 9.59 Å². The Balaban J connectivity index is 0. The van der Waals surface area contributed by atoms with Crippen LogP contribution in [0.2, 0.25) is 0 Å². The van der Waals surface area contributed by atoms with E-state index in [0.29, 0.717) is 5.56 Å². The summed E-state index contributed by atoms with van der Waals surface area (Å²) in [6.45, 7) is 2.94. The van der Waals surface area contributed by atoms with Crippen LogP contribution in [0.25, 0.3) is 43.6 Å². The maximum absolute atomic E-state index is 13.3. The Morgan fingerprint density at radius 2 is 1.18 bits per heavy atom. The second-order valence-corrected chi connectivity index (χ2v) is 10.7. The van der Waals surface area contributed by atoms with Gasteiger partial charge in [0.05, 0.1) is 37.2 Å². The molecule has 3 aromatic carbocycles. The van der Waals surface area contributed by atoms with Crippen molar-refractivity contribution >= 4 is 98.6 Å². The summed E-state index contributed by atoms with van der Waals surface area (Å²) < 4.78 is 71.0. The van der Waals surface area contributed by atoms with Crippen LogP contribution in [0.5, 0.6) is 0 Å². The zero-order valence-corrected chi connectivity index (χ0v) is 24.4. The predicted molar refractivity (Wildman–Crippen MR) is 142 cm³/mol. The quantitative estimate of drug-likeness (QED) is 0.156. The van der Waals surface area contributed by atoms with Crippen LogP contribution in [0.4, 0.5) is 0 Å². The second kappa shape index (κ2) is 12.9. The number of H-pyrrole nitrogens is 2. The summed E-state index contributed by atoms with van der Waals surface area (Å²) in [4.78, 5) is 30.9. The minimum Gasteiger partial charge on any atom is -0.870 e. The first kappa shape index (κ1) is 39.5. The van der Waals surface area contributed by atoms with E-state index in [1.165, 1.54) is 37.3 Å². The molecule has 0 aliphatic carbocycles. The van der Waals surface area contributed by atoms with Crippen LogP contribution in [-0.4, -0.2) is 92.5 Å². The topological polar surface area (TPSA) is 300 Å². The molecule has 0 radical (unpaired) electrons. The van der Waals surface area contributed by atoms with Crippen LogP contribution in [0, 0.1) is 13.8 Å². The van der Waals surface area contributed by atoms with Crippen LogP contribution >= 0.6 is 0 Å². The van der Waals surface area contributed by atoms with Gasteiger partial charge in [-0.15, -0.1) is 0 Å². The third-order valence-corrected chi connectivity index (χ3v) is 7.65. The van der Waals surface area contributed by atoms with Gasteiger partial charge in [0, 0.05) is 16.2 Å². The fourth-order valence-corrected chi connectivity index (χ4v) is 5.99. The summed E-state index contributed by atoms with van der Waals surface area (Å²) in [5.41, 5.74) is -0.655. The summed E-state index contributed by atoms with van der Waals surface area (Å²) >= 11 is 0. The van der Waals surface area contributed by atoms with E-state index in [9.17, 15) is 35.5 Å². The summed E-state index contributed by atoms with van der Waals surface area (Å²) in [5.74, 6) is 0. The Morgan fingerprint density at radius 1 is 0.650 bits per heavy atom. The SMILES string of the molecule is Cc1cc(S(=O)(=O)[O-])c2[nH]c3cc4c(=O)c5c(S(=O)(=O)[O-])c(C)ccc5[nH]c4cc3c(=O)c2c1.[Al+3].[Al+3].[OH-].[OH-].[OH-].[OH-]. The Hall–Kier alpha value is -2.68. The third-order valence-electron chi connectivity index (χ3n) is 5.77. The van der Waals surface area contributed by atoms with Gasteiger partial charge < -0.3 is 41.0 Å². The molecule has 5 rings (SSSR count). The van der Waals surface area contributed by atoms with Gasteiger partial charge in [0.2, 0.25) is 0 Å². The maximum Gasteiger partial charge on any atom is 3.00 e. The minimum atomic E-state index is -4.98. The van der Waals surface area contributed by atoms with Crippen molar-refractivity contribution in [2.24, 2.45) is 0 Å². The summed E-state index contributed by atoms with van der Waals surface area (Å²) in [7, 11) is -9.92. The molecule has 6 N–H and O–H groups in total. The number of hydrogen-bond donors (Lipinski definition) is 2. The van der Waals surface area contributed by atoms with Crippen LogP contribution in [-0.2, 0) is 20.2 Å². The van der Waals surface area contributed by atoms with Gasteiger partial charge in [0.15, 0.2) is 10.9 Å². The van der Waals surface area contributed by atoms with Gasteiger partial charge in [-0.05, 0) is 55.3 Å². The molecule has 0 saturated heterocycles. The van der Waals surface area contributed by atoms with E-state index in [-0.39, 0.29) is 106 Å². The molecule has 0 saturated carbocycles. The third kappa shape index (κ3) is 6.14. The van der Waals surface area contributed by atoms with Gasteiger partial charge >= 0.3 is 34.7 Å². The number of aromatic nitrogens is 2. The van der Waals surface area contributed by atoms with Gasteiger partial charge in [0.1, 0.15) is 20.2 Å². The largest absolute Gasteiger partial charge is 3.00 e. The van der Waals surface area contributed by atoms with Crippen molar-refractivity contribution in [3.8, 4) is 0 Å². The molecular formula is C22H18Al2N2O12S2. The molecule has 0 spiro atoms. The van der Waals surface area contributed by atoms with E-state index < -0.39 is 40.9 Å². The van der Waals surface area contributed by atoms with Crippen molar-refractivity contribution in [2.75, 3.05) is 0 Å². The zero-order valence-electron chi connectivity index (χ0n) is 20.5. The van der Waals surface area contributed by atoms with Crippen molar-refractivity contribution in [1.29, 1.82) is 0 Å². The van der Waals surface area contributed by atoms with Gasteiger partial charge in [-0.25, -0.2) is 16.8 Å². The molecule has 0 unspecified atom stereocenters. The average molecular weight is 620 g/mol. The number of aromatic amines is 2. The minimum absolute atomic E-state index is 0. The smallest absolute Gasteiger partial charge is 0.870 e. The molecule has 0 aliphatic rings.